The molecule has 0 aromatic heterocycles. The summed E-state index contributed by atoms with van der Waals surface area (Å²) in [4.78, 5) is 60.0. The number of aliphatic hydroxyl groups is 4. The van der Waals surface area contributed by atoms with Gasteiger partial charge in [-0.05, 0) is 83.1 Å². The van der Waals surface area contributed by atoms with E-state index in [-0.39, 0.29) is 80.8 Å². The molecule has 0 aromatic rings. The SMILES string of the molecule is CC(=O)[CH-]C(C)=O.CC(=O)[CH-]C(C)=O.CC(O)C(C)C(C)O.CC(O)[CH]C(C)O.CCO[CH-]C(C)=O.CCO[CH-]C(C)=O.[Ir].[Ir]. The van der Waals surface area contributed by atoms with Gasteiger partial charge in [0.1, 0.15) is 0 Å². The standard InChI is InChI=1S/C6H14O2.C5H11O2.2C5H7O2.2C5H9O2.2Ir/c1-4(5(2)7)6(3)8;3*1-4(6)3-5(2)7;2*1-3-7-4-5(2)6;;/h4-8H,1-3H3;3-7H,1-2H3;2*3H,1-2H3;2*4H,3H2,1-2H3;;/q;;4*-1;;. The molecule has 0 aliphatic heterocycles. The molecule has 275 valence electrons. The van der Waals surface area contributed by atoms with E-state index in [1.807, 2.05) is 20.8 Å². The fraction of sp³-hybridized carbons (Fsp3) is 0.645. The Morgan fingerprint density at radius 3 is 0.778 bits per heavy atom. The number of ketones is 6. The van der Waals surface area contributed by atoms with E-state index in [0.29, 0.717) is 13.2 Å². The molecule has 0 bridgehead atoms. The van der Waals surface area contributed by atoms with Crippen LogP contribution in [0.5, 0.6) is 0 Å². The van der Waals surface area contributed by atoms with Gasteiger partial charge in [-0.3, -0.25) is 12.8 Å². The van der Waals surface area contributed by atoms with Crippen LogP contribution in [0.15, 0.2) is 0 Å². The Bertz CT molecular complexity index is 643. The van der Waals surface area contributed by atoms with Gasteiger partial charge in [-0.1, -0.05) is 6.92 Å². The molecule has 12 nitrogen and oxygen atoms in total. The van der Waals surface area contributed by atoms with Crippen molar-refractivity contribution in [3.8, 4) is 0 Å². The molecule has 0 aliphatic carbocycles. The second-order valence-corrected chi connectivity index (χ2v) is 9.11. The van der Waals surface area contributed by atoms with Crippen LogP contribution in [0.1, 0.15) is 90.0 Å². The van der Waals surface area contributed by atoms with E-state index < -0.39 is 24.4 Å². The molecule has 0 heterocycles. The molecular formula is C31H57Ir2O12-4. The third kappa shape index (κ3) is 99.3. The van der Waals surface area contributed by atoms with E-state index in [2.05, 4.69) is 9.47 Å². The second kappa shape index (κ2) is 44.7. The normalized spacial score (nSPS) is 11.8. The van der Waals surface area contributed by atoms with Crippen LogP contribution >= 0.6 is 0 Å². The third-order valence-corrected chi connectivity index (χ3v) is 3.72. The number of ether oxygens (including phenoxy) is 2. The molecule has 0 amide bonds. The Morgan fingerprint density at radius 1 is 0.533 bits per heavy atom. The molecule has 4 N–H and O–H groups in total. The zero-order valence-electron chi connectivity index (χ0n) is 28.9. The van der Waals surface area contributed by atoms with Gasteiger partial charge in [0.2, 0.25) is 0 Å². The molecule has 0 saturated carbocycles. The first-order chi connectivity index (χ1) is 19.5. The number of Topliss-reactive ketones (excluding diaryl/α,β-unsaturated/α-hetero) is 6. The monoisotopic (exact) mass is 1010 g/mol. The predicted molar refractivity (Wildman–Crippen MR) is 165 cm³/mol. The molecule has 0 spiro atoms. The van der Waals surface area contributed by atoms with Crippen molar-refractivity contribution in [2.45, 2.75) is 114 Å². The first-order valence-corrected chi connectivity index (χ1v) is 13.7. The van der Waals surface area contributed by atoms with Crippen molar-refractivity contribution in [2.75, 3.05) is 13.2 Å². The summed E-state index contributed by atoms with van der Waals surface area (Å²) in [6.07, 6.45) is 1.74. The van der Waals surface area contributed by atoms with E-state index in [0.717, 1.165) is 12.8 Å². The molecule has 45 heavy (non-hydrogen) atoms. The van der Waals surface area contributed by atoms with Crippen LogP contribution in [0, 0.1) is 38.4 Å². The summed E-state index contributed by atoms with van der Waals surface area (Å²) in [7, 11) is 0. The minimum Gasteiger partial charge on any atom is -0.526 e. The summed E-state index contributed by atoms with van der Waals surface area (Å²) in [5, 5.41) is 34.7. The average Bonchev–Trinajstić information content (AvgIpc) is 2.80. The van der Waals surface area contributed by atoms with Crippen molar-refractivity contribution < 1.29 is 98.9 Å². The summed E-state index contributed by atoms with van der Waals surface area (Å²) in [6, 6.07) is 0. The van der Waals surface area contributed by atoms with Crippen molar-refractivity contribution >= 4 is 34.7 Å². The maximum atomic E-state index is 10.0. The topological polar surface area (TPSA) is 202 Å². The Labute approximate surface area is 298 Å². The van der Waals surface area contributed by atoms with Crippen LogP contribution in [-0.2, 0) is 78.5 Å². The van der Waals surface area contributed by atoms with Gasteiger partial charge < -0.3 is 58.7 Å². The van der Waals surface area contributed by atoms with Crippen molar-refractivity contribution in [1.82, 2.24) is 0 Å². The summed E-state index contributed by atoms with van der Waals surface area (Å²) in [6.45, 7) is 23.9. The van der Waals surface area contributed by atoms with Gasteiger partial charge in [0.05, 0.1) is 24.4 Å². The molecular weight excluding hydrogens is 949 g/mol. The Morgan fingerprint density at radius 2 is 0.756 bits per heavy atom. The first kappa shape index (κ1) is 62.4. The maximum Gasteiger partial charge on any atom is 0.0569 e. The fourth-order valence-corrected chi connectivity index (χ4v) is 1.78. The van der Waals surface area contributed by atoms with Crippen LogP contribution in [0.25, 0.3) is 0 Å². The summed E-state index contributed by atoms with van der Waals surface area (Å²) < 4.78 is 9.24. The smallest absolute Gasteiger partial charge is 0.0569 e. The number of carbonyl (C=O) groups is 6. The van der Waals surface area contributed by atoms with Gasteiger partial charge in [-0.2, -0.15) is 0 Å². The van der Waals surface area contributed by atoms with Crippen molar-refractivity contribution in [2.24, 2.45) is 5.92 Å². The van der Waals surface area contributed by atoms with Gasteiger partial charge in [-0.25, -0.2) is 13.2 Å². The minimum absolute atomic E-state index is 0. The van der Waals surface area contributed by atoms with Gasteiger partial charge >= 0.3 is 0 Å². The molecule has 3 radical (unpaired) electrons. The van der Waals surface area contributed by atoms with Gasteiger partial charge in [0, 0.05) is 100 Å². The van der Waals surface area contributed by atoms with Gasteiger partial charge in [0.25, 0.3) is 0 Å². The Hall–Kier alpha value is -1.44. The molecule has 0 rings (SSSR count). The van der Waals surface area contributed by atoms with Crippen molar-refractivity contribution in [3.05, 3.63) is 32.5 Å². The molecule has 0 aliphatic rings. The molecule has 14 heteroatoms. The van der Waals surface area contributed by atoms with Gasteiger partial charge in [0.15, 0.2) is 0 Å². The zero-order valence-corrected chi connectivity index (χ0v) is 33.7. The largest absolute Gasteiger partial charge is 0.526 e. The van der Waals surface area contributed by atoms with Gasteiger partial charge in [-0.15, -0.1) is 0 Å². The molecule has 0 saturated heterocycles. The predicted octanol–water partition coefficient (Wildman–Crippen LogP) is 2.62. The van der Waals surface area contributed by atoms with Crippen LogP contribution < -0.4 is 0 Å². The summed E-state index contributed by atoms with van der Waals surface area (Å²) >= 11 is 0. The van der Waals surface area contributed by atoms with Crippen LogP contribution in [0.4, 0.5) is 0 Å². The number of aliphatic hydroxyl groups excluding tert-OH is 4. The number of rotatable bonds is 14. The first-order valence-electron chi connectivity index (χ1n) is 13.7. The van der Waals surface area contributed by atoms with Crippen molar-refractivity contribution in [1.29, 1.82) is 0 Å². The van der Waals surface area contributed by atoms with E-state index in [1.165, 1.54) is 61.2 Å². The Balaban J connectivity index is -0.0000000604. The molecule has 0 aromatic carbocycles. The molecule has 4 unspecified atom stereocenters. The number of hydrogen-bond acceptors (Lipinski definition) is 12. The van der Waals surface area contributed by atoms with Crippen LogP contribution in [-0.4, -0.2) is 92.8 Å². The average molecular weight is 1010 g/mol. The number of hydrogen-bond donors (Lipinski definition) is 4. The van der Waals surface area contributed by atoms with Crippen molar-refractivity contribution in [3.63, 3.8) is 0 Å². The molecule has 0 fully saturated rings. The molecule has 4 atom stereocenters. The van der Waals surface area contributed by atoms with Crippen LogP contribution in [0.3, 0.4) is 0 Å². The summed E-state index contributed by atoms with van der Waals surface area (Å²) in [5.41, 5.74) is 0. The van der Waals surface area contributed by atoms with Crippen LogP contribution in [0.2, 0.25) is 0 Å². The zero-order chi connectivity index (χ0) is 35.7. The Kier molecular flexibility index (Phi) is 62.0. The fourth-order valence-electron chi connectivity index (χ4n) is 1.78. The quantitative estimate of drug-likeness (QED) is 0.147. The third-order valence-electron chi connectivity index (χ3n) is 3.72. The maximum absolute atomic E-state index is 10.0. The van der Waals surface area contributed by atoms with E-state index >= 15 is 0 Å². The van der Waals surface area contributed by atoms with E-state index in [4.69, 9.17) is 20.4 Å². The van der Waals surface area contributed by atoms with E-state index in [9.17, 15) is 28.8 Å². The summed E-state index contributed by atoms with van der Waals surface area (Å²) in [5.74, 6) is -0.848. The second-order valence-electron chi connectivity index (χ2n) is 9.11. The minimum atomic E-state index is -0.500. The number of carbonyl (C=O) groups excluding carboxylic acids is 6. The van der Waals surface area contributed by atoms with E-state index in [1.54, 1.807) is 27.7 Å².